The van der Waals surface area contributed by atoms with Crippen molar-refractivity contribution in [2.45, 2.75) is 55.8 Å². The zero-order chi connectivity index (χ0) is 31.2. The first-order valence-corrected chi connectivity index (χ1v) is 15.1. The molecular formula is C27H32F3N5O7S. The average Bonchev–Trinajstić information content (AvgIpc) is 2.91. The van der Waals surface area contributed by atoms with Crippen molar-refractivity contribution < 1.29 is 45.8 Å². The van der Waals surface area contributed by atoms with Crippen LogP contribution in [0.4, 0.5) is 19.0 Å². The summed E-state index contributed by atoms with van der Waals surface area (Å²) in [5.74, 6) is -3.17. The summed E-state index contributed by atoms with van der Waals surface area (Å²) in [6.07, 6.45) is -0.814. The van der Waals surface area contributed by atoms with Crippen LogP contribution in [-0.4, -0.2) is 79.2 Å². The molecule has 0 spiro atoms. The van der Waals surface area contributed by atoms with Crippen LogP contribution in [0.25, 0.3) is 0 Å². The Morgan fingerprint density at radius 3 is 2.65 bits per heavy atom. The first-order chi connectivity index (χ1) is 20.3. The number of carbonyl (C=O) groups excluding carboxylic acids is 2. The molecule has 2 aliphatic rings. The van der Waals surface area contributed by atoms with Gasteiger partial charge in [-0.15, -0.1) is 13.2 Å². The molecule has 1 unspecified atom stereocenters. The van der Waals surface area contributed by atoms with E-state index in [1.165, 1.54) is 5.56 Å². The lowest BCUT2D eigenvalue weighted by atomic mass is 10.0. The van der Waals surface area contributed by atoms with Gasteiger partial charge < -0.3 is 25.8 Å². The summed E-state index contributed by atoms with van der Waals surface area (Å²) in [5, 5.41) is 17.6. The highest BCUT2D eigenvalue weighted by Gasteiger charge is 2.42. The number of hydrogen-bond donors (Lipinski definition) is 4. The molecule has 3 heterocycles. The molecule has 12 nitrogen and oxygen atoms in total. The fourth-order valence-electron chi connectivity index (χ4n) is 4.67. The maximum absolute atomic E-state index is 12.8. The highest BCUT2D eigenvalue weighted by molar-refractivity contribution is 7.89. The number of halogens is 3. The number of ether oxygens (including phenoxy) is 1. The number of rotatable bonds is 13. The Labute approximate surface area is 246 Å². The Morgan fingerprint density at radius 1 is 1.16 bits per heavy atom. The van der Waals surface area contributed by atoms with E-state index in [9.17, 15) is 41.1 Å². The number of alkyl halides is 3. The molecule has 2 aliphatic heterocycles. The van der Waals surface area contributed by atoms with Gasteiger partial charge in [-0.2, -0.15) is 4.31 Å². The normalized spacial score (nSPS) is 16.3. The van der Waals surface area contributed by atoms with Crippen LogP contribution >= 0.6 is 0 Å². The molecule has 2 aromatic rings. The number of amides is 2. The largest absolute Gasteiger partial charge is 0.573 e. The third kappa shape index (κ3) is 8.79. The third-order valence-electron chi connectivity index (χ3n) is 7.05. The Hall–Kier alpha value is -3.92. The summed E-state index contributed by atoms with van der Waals surface area (Å²) in [5.41, 5.74) is 2.12. The Bertz CT molecular complexity index is 1450. The van der Waals surface area contributed by atoms with Crippen molar-refractivity contribution in [2.75, 3.05) is 31.5 Å². The van der Waals surface area contributed by atoms with Gasteiger partial charge in [-0.3, -0.25) is 9.59 Å². The molecule has 4 N–H and O–H groups in total. The molecule has 234 valence electrons. The average molecular weight is 628 g/mol. The first kappa shape index (κ1) is 32.0. The van der Waals surface area contributed by atoms with Crippen LogP contribution < -0.4 is 20.7 Å². The number of aliphatic carboxylic acids is 1. The fourth-order valence-corrected chi connectivity index (χ4v) is 6.24. The van der Waals surface area contributed by atoms with Crippen LogP contribution in [0.5, 0.6) is 5.75 Å². The molecule has 1 fully saturated rings. The number of anilines is 1. The van der Waals surface area contributed by atoms with E-state index in [1.54, 1.807) is 0 Å². The van der Waals surface area contributed by atoms with Crippen molar-refractivity contribution in [3.63, 3.8) is 0 Å². The molecule has 0 aliphatic carbocycles. The molecule has 0 saturated carbocycles. The molecule has 43 heavy (non-hydrogen) atoms. The van der Waals surface area contributed by atoms with E-state index in [-0.39, 0.29) is 32.0 Å². The number of fused-ring (bicyclic) bond motifs is 1. The lowest BCUT2D eigenvalue weighted by molar-refractivity contribution is -0.274. The highest BCUT2D eigenvalue weighted by atomic mass is 32.2. The van der Waals surface area contributed by atoms with Gasteiger partial charge in [0.05, 0.1) is 10.8 Å². The molecule has 4 rings (SSSR count). The van der Waals surface area contributed by atoms with E-state index in [0.29, 0.717) is 19.3 Å². The molecule has 16 heteroatoms. The maximum atomic E-state index is 12.8. The number of benzene rings is 1. The van der Waals surface area contributed by atoms with Crippen molar-refractivity contribution in [1.29, 1.82) is 0 Å². The van der Waals surface area contributed by atoms with Crippen molar-refractivity contribution in [1.82, 2.24) is 19.9 Å². The molecule has 0 radical (unpaired) electrons. The van der Waals surface area contributed by atoms with E-state index >= 15 is 0 Å². The van der Waals surface area contributed by atoms with Gasteiger partial charge in [0, 0.05) is 44.4 Å². The molecular weight excluding hydrogens is 595 g/mol. The SMILES string of the molecule is O=C(CCCCc1ccc2c(n1)NCCC2)NCC(NC(=O)C1CN(S(=O)(=O)c2cccc(OC(F)(F)F)c2)C1)C(=O)O. The van der Waals surface area contributed by atoms with Crippen LogP contribution in [0.3, 0.4) is 0 Å². The van der Waals surface area contributed by atoms with E-state index in [2.05, 4.69) is 31.7 Å². The first-order valence-electron chi connectivity index (χ1n) is 13.7. The predicted molar refractivity (Wildman–Crippen MR) is 147 cm³/mol. The third-order valence-corrected chi connectivity index (χ3v) is 8.88. The number of nitrogens with one attached hydrogen (secondary N) is 3. The molecule has 0 bridgehead atoms. The number of carboxylic acid groups (broad SMARTS) is 1. The van der Waals surface area contributed by atoms with Crippen LogP contribution in [0.2, 0.25) is 0 Å². The summed E-state index contributed by atoms with van der Waals surface area (Å²) in [7, 11) is -4.22. The lowest BCUT2D eigenvalue weighted by Crippen LogP contribution is -2.58. The molecule has 1 saturated heterocycles. The Kier molecular flexibility index (Phi) is 10.1. The summed E-state index contributed by atoms with van der Waals surface area (Å²) in [4.78, 5) is 40.7. The molecule has 2 amide bonds. The van der Waals surface area contributed by atoms with Crippen molar-refractivity contribution in [3.05, 3.63) is 47.7 Å². The number of hydrogen-bond acceptors (Lipinski definition) is 8. The van der Waals surface area contributed by atoms with Gasteiger partial charge in [0.15, 0.2) is 0 Å². The van der Waals surface area contributed by atoms with Gasteiger partial charge in [-0.1, -0.05) is 12.1 Å². The number of nitrogens with zero attached hydrogens (tertiary/aromatic N) is 2. The van der Waals surface area contributed by atoms with Crippen LogP contribution in [0.15, 0.2) is 41.3 Å². The highest BCUT2D eigenvalue weighted by Crippen LogP contribution is 2.29. The minimum Gasteiger partial charge on any atom is -0.480 e. The van der Waals surface area contributed by atoms with Crippen LogP contribution in [-0.2, 0) is 37.2 Å². The molecule has 1 aromatic heterocycles. The second kappa shape index (κ2) is 13.6. The van der Waals surface area contributed by atoms with Gasteiger partial charge in [0.1, 0.15) is 17.6 Å². The standard InChI is InChI=1S/C27H32F3N5O7S/c28-27(29,30)42-20-7-3-8-21(13-20)43(40,41)35-15-18(16-35)25(37)34-22(26(38)39)14-32-23(36)9-2-1-6-19-11-10-17-5-4-12-31-24(17)33-19/h3,7-8,10-11,13,18,22H,1-2,4-6,9,12,14-16H2,(H,31,33)(H,32,36)(H,34,37)(H,38,39). The van der Waals surface area contributed by atoms with E-state index in [0.717, 1.165) is 59.5 Å². The van der Waals surface area contributed by atoms with Crippen LogP contribution in [0.1, 0.15) is 36.9 Å². The second-order valence-corrected chi connectivity index (χ2v) is 12.2. The van der Waals surface area contributed by atoms with Crippen LogP contribution in [0, 0.1) is 5.92 Å². The van der Waals surface area contributed by atoms with E-state index < -0.39 is 50.9 Å². The predicted octanol–water partition coefficient (Wildman–Crippen LogP) is 2.06. The van der Waals surface area contributed by atoms with Crippen molar-refractivity contribution in [3.8, 4) is 5.75 Å². The lowest BCUT2D eigenvalue weighted by Gasteiger charge is -2.37. The smallest absolute Gasteiger partial charge is 0.480 e. The zero-order valence-corrected chi connectivity index (χ0v) is 23.8. The number of carboxylic acids is 1. The van der Waals surface area contributed by atoms with Gasteiger partial charge >= 0.3 is 12.3 Å². The zero-order valence-electron chi connectivity index (χ0n) is 23.0. The number of sulfonamides is 1. The Balaban J connectivity index is 1.18. The summed E-state index contributed by atoms with van der Waals surface area (Å²) in [6, 6.07) is 6.47. The minimum atomic E-state index is -5.00. The number of carbonyl (C=O) groups is 3. The minimum absolute atomic E-state index is 0.161. The number of aryl methyl sites for hydroxylation is 2. The number of aromatic nitrogens is 1. The summed E-state index contributed by atoms with van der Waals surface area (Å²) >= 11 is 0. The van der Waals surface area contributed by atoms with Crippen molar-refractivity contribution in [2.24, 2.45) is 5.92 Å². The molecule has 1 atom stereocenters. The van der Waals surface area contributed by atoms with Gasteiger partial charge in [-0.25, -0.2) is 18.2 Å². The summed E-state index contributed by atoms with van der Waals surface area (Å²) in [6.45, 7) is -0.0675. The second-order valence-electron chi connectivity index (χ2n) is 10.3. The summed E-state index contributed by atoms with van der Waals surface area (Å²) < 4.78 is 67.6. The van der Waals surface area contributed by atoms with Gasteiger partial charge in [0.25, 0.3) is 0 Å². The van der Waals surface area contributed by atoms with E-state index in [1.807, 2.05) is 6.07 Å². The number of unbranched alkanes of at least 4 members (excludes halogenated alkanes) is 1. The monoisotopic (exact) mass is 627 g/mol. The van der Waals surface area contributed by atoms with E-state index in [4.69, 9.17) is 0 Å². The van der Waals surface area contributed by atoms with Crippen molar-refractivity contribution >= 4 is 33.6 Å². The Morgan fingerprint density at radius 2 is 1.93 bits per heavy atom. The van der Waals surface area contributed by atoms with Gasteiger partial charge in [0.2, 0.25) is 21.8 Å². The fraction of sp³-hybridized carbons (Fsp3) is 0.481. The number of pyridine rings is 1. The maximum Gasteiger partial charge on any atom is 0.573 e. The quantitative estimate of drug-likeness (QED) is 0.243. The van der Waals surface area contributed by atoms with Gasteiger partial charge in [-0.05, 0) is 55.9 Å². The topological polar surface area (TPSA) is 167 Å². The molecule has 1 aromatic carbocycles.